The molecule has 1 fully saturated rings. The Balaban J connectivity index is 1.99. The van der Waals surface area contributed by atoms with E-state index < -0.39 is 62.9 Å². The number of primary sulfonamides is 1. The fourth-order valence-electron chi connectivity index (χ4n) is 3.79. The van der Waals surface area contributed by atoms with Crippen molar-refractivity contribution in [3.63, 3.8) is 0 Å². The molecule has 2 atom stereocenters. The van der Waals surface area contributed by atoms with Crippen LogP contribution in [0.4, 0.5) is 33.3 Å². The molecule has 14 heteroatoms. The minimum absolute atomic E-state index is 0.0704. The molecule has 0 aliphatic carbocycles. The number of rotatable bonds is 6. The number of nitrogens with two attached hydrogens (primary N) is 1. The summed E-state index contributed by atoms with van der Waals surface area (Å²) in [5, 5.41) is 6.81. The Kier molecular flexibility index (Phi) is 6.79. The number of alkyl halides is 3. The molecule has 1 amide bonds. The highest BCUT2D eigenvalue weighted by molar-refractivity contribution is 7.89. The molecule has 0 spiro atoms. The lowest BCUT2D eigenvalue weighted by Crippen LogP contribution is -2.44. The number of carbonyl (C=O) groups excluding carboxylic acids is 1. The molecule has 0 radical (unpaired) electrons. The minimum atomic E-state index is -4.59. The number of amides is 1. The lowest BCUT2D eigenvalue weighted by atomic mass is 9.95. The van der Waals surface area contributed by atoms with Crippen molar-refractivity contribution in [3.05, 3.63) is 42.1 Å². The summed E-state index contributed by atoms with van der Waals surface area (Å²) in [6, 6.07) is 2.61. The number of halogens is 5. The number of nitrogens with one attached hydrogen (secondary N) is 1. The molecule has 1 aromatic heterocycles. The normalized spacial score (nSPS) is 18.9. The third-order valence-electron chi connectivity index (χ3n) is 5.12. The number of sulfonamides is 1. The smallest absolute Gasteiger partial charge is 0.389 e. The average molecular weight is 494 g/mol. The van der Waals surface area contributed by atoms with Crippen molar-refractivity contribution in [2.24, 2.45) is 11.1 Å². The van der Waals surface area contributed by atoms with Crippen LogP contribution in [-0.2, 0) is 14.8 Å². The van der Waals surface area contributed by atoms with Gasteiger partial charge in [-0.1, -0.05) is 0 Å². The van der Waals surface area contributed by atoms with Gasteiger partial charge in [-0.05, 0) is 30.5 Å². The molecule has 3 N–H and O–H groups in total. The molecule has 1 saturated heterocycles. The van der Waals surface area contributed by atoms with Crippen LogP contribution < -0.4 is 20.1 Å². The van der Waals surface area contributed by atoms with E-state index in [4.69, 9.17) is 9.88 Å². The summed E-state index contributed by atoms with van der Waals surface area (Å²) in [5.74, 6) is -5.27. The number of benzene rings is 1. The first kappa shape index (κ1) is 24.6. The number of anilines is 2. The first-order valence-corrected chi connectivity index (χ1v) is 11.0. The van der Waals surface area contributed by atoms with E-state index in [9.17, 15) is 35.2 Å². The van der Waals surface area contributed by atoms with Gasteiger partial charge in [0.25, 0.3) is 10.0 Å². The molecule has 2 unspecified atom stereocenters. The Labute approximate surface area is 185 Å². The minimum Gasteiger partial charge on any atom is -0.491 e. The highest BCUT2D eigenvalue weighted by atomic mass is 32.2. The van der Waals surface area contributed by atoms with Crippen LogP contribution in [0.2, 0.25) is 0 Å². The zero-order valence-electron chi connectivity index (χ0n) is 17.1. The molecule has 33 heavy (non-hydrogen) atoms. The van der Waals surface area contributed by atoms with Crippen molar-refractivity contribution in [1.29, 1.82) is 0 Å². The molecule has 2 heterocycles. The van der Waals surface area contributed by atoms with Crippen molar-refractivity contribution in [2.75, 3.05) is 23.9 Å². The second-order valence-corrected chi connectivity index (χ2v) is 8.85. The molecule has 1 aliphatic heterocycles. The van der Waals surface area contributed by atoms with Gasteiger partial charge in [-0.25, -0.2) is 22.9 Å². The fraction of sp³-hybridized carbons (Fsp3) is 0.368. The van der Waals surface area contributed by atoms with Gasteiger partial charge in [0.05, 0.1) is 12.8 Å². The van der Waals surface area contributed by atoms with Crippen LogP contribution in [0.3, 0.4) is 0 Å². The molecule has 1 aliphatic rings. The van der Waals surface area contributed by atoms with Crippen LogP contribution in [0.5, 0.6) is 5.75 Å². The summed E-state index contributed by atoms with van der Waals surface area (Å²) >= 11 is 0. The van der Waals surface area contributed by atoms with Crippen LogP contribution in [0.15, 0.2) is 35.5 Å². The van der Waals surface area contributed by atoms with Gasteiger partial charge in [-0.3, -0.25) is 4.79 Å². The van der Waals surface area contributed by atoms with E-state index in [1.165, 1.54) is 11.0 Å². The highest BCUT2D eigenvalue weighted by Crippen LogP contribution is 2.42. The van der Waals surface area contributed by atoms with E-state index >= 15 is 0 Å². The van der Waals surface area contributed by atoms with Crippen molar-refractivity contribution >= 4 is 27.3 Å². The van der Waals surface area contributed by atoms with Crippen LogP contribution in [0.25, 0.3) is 0 Å². The largest absolute Gasteiger partial charge is 0.491 e. The van der Waals surface area contributed by atoms with Gasteiger partial charge in [0.15, 0.2) is 16.6 Å². The van der Waals surface area contributed by atoms with Crippen LogP contribution >= 0.6 is 0 Å². The number of hydrogen-bond acceptors (Lipinski definition) is 6. The number of nitrogens with zero attached hydrogens (tertiary/aromatic N) is 2. The maximum absolute atomic E-state index is 14.2. The predicted molar refractivity (Wildman–Crippen MR) is 107 cm³/mol. The highest BCUT2D eigenvalue weighted by Gasteiger charge is 2.46. The Morgan fingerprint density at radius 2 is 2.00 bits per heavy atom. The molecule has 180 valence electrons. The van der Waals surface area contributed by atoms with Gasteiger partial charge in [-0.15, -0.1) is 0 Å². The lowest BCUT2D eigenvalue weighted by Gasteiger charge is -2.30. The van der Waals surface area contributed by atoms with E-state index in [0.717, 1.165) is 31.5 Å². The van der Waals surface area contributed by atoms with Gasteiger partial charge in [0.2, 0.25) is 11.7 Å². The van der Waals surface area contributed by atoms with E-state index in [2.05, 4.69) is 10.3 Å². The number of pyridine rings is 1. The standard InChI is InChI=1S/C19H19F5N4O4S/c1-32-17-13(3-2-12(20)15(17)21)28-7-5-10(9-19(22,23)24)16(28)18(29)27-11-4-6-26-14(8-11)33(25,30)31/h2-4,6,8,10,16H,5,7,9H2,1H3,(H2,25,30,31)(H,26,27,29). The van der Waals surface area contributed by atoms with Gasteiger partial charge < -0.3 is 15.0 Å². The summed E-state index contributed by atoms with van der Waals surface area (Å²) in [6.45, 7) is -0.0704. The van der Waals surface area contributed by atoms with Gasteiger partial charge in [-0.2, -0.15) is 17.6 Å². The van der Waals surface area contributed by atoms with E-state index in [1.807, 2.05) is 0 Å². The van der Waals surface area contributed by atoms with Crippen molar-refractivity contribution < 1.29 is 39.9 Å². The van der Waals surface area contributed by atoms with E-state index in [-0.39, 0.29) is 24.3 Å². The molecule has 3 rings (SSSR count). The second kappa shape index (κ2) is 9.09. The monoisotopic (exact) mass is 494 g/mol. The second-order valence-electron chi connectivity index (χ2n) is 7.34. The summed E-state index contributed by atoms with van der Waals surface area (Å²) in [6.07, 6.45) is -4.91. The summed E-state index contributed by atoms with van der Waals surface area (Å²) in [5.41, 5.74) is -0.171. The summed E-state index contributed by atoms with van der Waals surface area (Å²) in [7, 11) is -3.14. The molecular formula is C19H19F5N4O4S. The van der Waals surface area contributed by atoms with E-state index in [1.54, 1.807) is 0 Å². The first-order valence-electron chi connectivity index (χ1n) is 9.47. The maximum atomic E-state index is 14.2. The first-order chi connectivity index (χ1) is 15.3. The third kappa shape index (κ3) is 5.50. The molecule has 8 nitrogen and oxygen atoms in total. The quantitative estimate of drug-likeness (QED) is 0.597. The number of hydrogen-bond donors (Lipinski definition) is 2. The molecular weight excluding hydrogens is 475 g/mol. The Morgan fingerprint density at radius 1 is 1.30 bits per heavy atom. The topological polar surface area (TPSA) is 115 Å². The lowest BCUT2D eigenvalue weighted by molar-refractivity contribution is -0.146. The van der Waals surface area contributed by atoms with Crippen molar-refractivity contribution in [2.45, 2.75) is 30.1 Å². The number of aromatic nitrogens is 1. The Bertz CT molecular complexity index is 1160. The summed E-state index contributed by atoms with van der Waals surface area (Å²) in [4.78, 5) is 17.8. The van der Waals surface area contributed by atoms with Crippen LogP contribution in [-0.4, -0.2) is 45.2 Å². The molecule has 1 aromatic carbocycles. The van der Waals surface area contributed by atoms with Crippen molar-refractivity contribution in [3.8, 4) is 5.75 Å². The van der Waals surface area contributed by atoms with Crippen LogP contribution in [0.1, 0.15) is 12.8 Å². The third-order valence-corrected chi connectivity index (χ3v) is 5.93. The van der Waals surface area contributed by atoms with Gasteiger partial charge in [0, 0.05) is 30.9 Å². The number of carbonyl (C=O) groups is 1. The molecule has 0 saturated carbocycles. The molecule has 2 aromatic rings. The zero-order valence-corrected chi connectivity index (χ0v) is 17.9. The zero-order chi connectivity index (χ0) is 24.6. The van der Waals surface area contributed by atoms with Gasteiger partial charge in [0.1, 0.15) is 6.04 Å². The number of methoxy groups -OCH3 is 1. The SMILES string of the molecule is COc1c(N2CCC(CC(F)(F)F)C2C(=O)Nc2ccnc(S(N)(=O)=O)c2)ccc(F)c1F. The fourth-order valence-corrected chi connectivity index (χ4v) is 4.29. The van der Waals surface area contributed by atoms with Crippen LogP contribution in [0, 0.1) is 17.6 Å². The summed E-state index contributed by atoms with van der Waals surface area (Å²) < 4.78 is 95.3. The van der Waals surface area contributed by atoms with Crippen molar-refractivity contribution in [1.82, 2.24) is 4.98 Å². The Morgan fingerprint density at radius 3 is 2.61 bits per heavy atom. The van der Waals surface area contributed by atoms with E-state index in [0.29, 0.717) is 0 Å². The Hall–Kier alpha value is -3.00. The maximum Gasteiger partial charge on any atom is 0.389 e. The van der Waals surface area contributed by atoms with Gasteiger partial charge >= 0.3 is 6.18 Å². The average Bonchev–Trinajstić information content (AvgIpc) is 3.11. The molecule has 0 bridgehead atoms. The predicted octanol–water partition coefficient (Wildman–Crippen LogP) is 2.80. The number of ether oxygens (including phenoxy) is 1.